The number of hydrogen-bond acceptors (Lipinski definition) is 2. The van der Waals surface area contributed by atoms with Crippen LogP contribution >= 0.6 is 0 Å². The minimum absolute atomic E-state index is 0.00956. The van der Waals surface area contributed by atoms with Crippen LogP contribution in [0.3, 0.4) is 0 Å². The Hall–Kier alpha value is -1.64. The van der Waals surface area contributed by atoms with E-state index in [-0.39, 0.29) is 22.5 Å². The van der Waals surface area contributed by atoms with E-state index in [4.69, 9.17) is 0 Å². The maximum absolute atomic E-state index is 13.0. The molecule has 3 heteroatoms. The number of fused-ring (bicyclic) bond motifs is 2. The fourth-order valence-electron chi connectivity index (χ4n) is 4.43. The number of aryl methyl sites for hydroxylation is 2. The molecule has 1 N–H and O–H groups in total. The molecule has 2 atom stereocenters. The summed E-state index contributed by atoms with van der Waals surface area (Å²) in [6.45, 7) is 10.3. The highest BCUT2D eigenvalue weighted by Crippen LogP contribution is 2.70. The van der Waals surface area contributed by atoms with E-state index in [0.717, 1.165) is 24.1 Å². The van der Waals surface area contributed by atoms with Crippen LogP contribution in [0.4, 0.5) is 5.69 Å². The zero-order valence-electron chi connectivity index (χ0n) is 14.2. The predicted octanol–water partition coefficient (Wildman–Crippen LogP) is 4.03. The fourth-order valence-corrected chi connectivity index (χ4v) is 4.43. The normalized spacial score (nSPS) is 32.3. The van der Waals surface area contributed by atoms with Crippen LogP contribution in [0, 0.1) is 30.1 Å². The predicted molar refractivity (Wildman–Crippen MR) is 87.7 cm³/mol. The van der Waals surface area contributed by atoms with Gasteiger partial charge in [-0.2, -0.15) is 0 Å². The lowest BCUT2D eigenvalue weighted by molar-refractivity contribution is -0.131. The van der Waals surface area contributed by atoms with Crippen molar-refractivity contribution in [3.05, 3.63) is 29.3 Å². The summed E-state index contributed by atoms with van der Waals surface area (Å²) in [5.74, 6) is 0.259. The largest absolute Gasteiger partial charge is 0.326 e. The smallest absolute Gasteiger partial charge is 0.231 e. The van der Waals surface area contributed by atoms with Crippen molar-refractivity contribution in [1.29, 1.82) is 0 Å². The first kappa shape index (κ1) is 15.3. The maximum Gasteiger partial charge on any atom is 0.231 e. The number of amides is 1. The van der Waals surface area contributed by atoms with Crippen LogP contribution in [0.2, 0.25) is 0 Å². The third kappa shape index (κ3) is 1.68. The number of anilines is 1. The monoisotopic (exact) mass is 299 g/mol. The Balaban J connectivity index is 1.92. The van der Waals surface area contributed by atoms with E-state index in [2.05, 4.69) is 26.1 Å². The molecule has 2 aliphatic carbocycles. The van der Waals surface area contributed by atoms with Crippen molar-refractivity contribution in [2.24, 2.45) is 16.2 Å². The summed E-state index contributed by atoms with van der Waals surface area (Å²) < 4.78 is 0. The molecule has 0 saturated heterocycles. The van der Waals surface area contributed by atoms with Gasteiger partial charge in [0.1, 0.15) is 5.78 Å². The van der Waals surface area contributed by atoms with Gasteiger partial charge in [0.05, 0.1) is 5.41 Å². The van der Waals surface area contributed by atoms with Crippen molar-refractivity contribution in [1.82, 2.24) is 0 Å². The van der Waals surface area contributed by atoms with Gasteiger partial charge in [-0.3, -0.25) is 9.59 Å². The Morgan fingerprint density at radius 3 is 2.27 bits per heavy atom. The van der Waals surface area contributed by atoms with E-state index in [9.17, 15) is 9.59 Å². The lowest BCUT2D eigenvalue weighted by Crippen LogP contribution is -2.43. The van der Waals surface area contributed by atoms with Gasteiger partial charge in [-0.1, -0.05) is 26.8 Å². The molecular weight excluding hydrogens is 274 g/mol. The SMILES string of the molecule is Cc1ccc(NC(=O)C23CCC(C)(C(=O)C2)C3(C)C)cc1C. The second-order valence-corrected chi connectivity index (χ2v) is 7.89. The Labute approximate surface area is 132 Å². The van der Waals surface area contributed by atoms with Gasteiger partial charge in [0.25, 0.3) is 0 Å². The van der Waals surface area contributed by atoms with Crippen molar-refractivity contribution in [3.63, 3.8) is 0 Å². The molecule has 0 aliphatic heterocycles. The van der Waals surface area contributed by atoms with E-state index in [1.54, 1.807) is 0 Å². The molecule has 1 amide bonds. The Morgan fingerprint density at radius 1 is 1.09 bits per heavy atom. The average molecular weight is 299 g/mol. The topological polar surface area (TPSA) is 46.2 Å². The van der Waals surface area contributed by atoms with Crippen molar-refractivity contribution < 1.29 is 9.59 Å². The van der Waals surface area contributed by atoms with E-state index >= 15 is 0 Å². The molecule has 3 nitrogen and oxygen atoms in total. The van der Waals surface area contributed by atoms with Crippen LogP contribution in [0.25, 0.3) is 0 Å². The first-order chi connectivity index (χ1) is 10.1. The van der Waals surface area contributed by atoms with Crippen LogP contribution in [0.1, 0.15) is 51.2 Å². The molecule has 0 radical (unpaired) electrons. The molecule has 2 aliphatic rings. The Bertz CT molecular complexity index is 676. The van der Waals surface area contributed by atoms with Gasteiger partial charge in [0.15, 0.2) is 0 Å². The van der Waals surface area contributed by atoms with Gasteiger partial charge in [-0.05, 0) is 55.4 Å². The van der Waals surface area contributed by atoms with Gasteiger partial charge in [0.2, 0.25) is 5.91 Å². The first-order valence-electron chi connectivity index (χ1n) is 8.06. The number of benzene rings is 1. The first-order valence-corrected chi connectivity index (χ1v) is 8.06. The lowest BCUT2D eigenvalue weighted by atomic mass is 9.64. The van der Waals surface area contributed by atoms with Crippen LogP contribution < -0.4 is 5.32 Å². The summed E-state index contributed by atoms with van der Waals surface area (Å²) in [4.78, 5) is 25.5. The van der Waals surface area contributed by atoms with E-state index in [0.29, 0.717) is 6.42 Å². The average Bonchev–Trinajstić information content (AvgIpc) is 2.73. The van der Waals surface area contributed by atoms with E-state index in [1.807, 2.05) is 32.0 Å². The highest BCUT2D eigenvalue weighted by atomic mass is 16.2. The standard InChI is InChI=1S/C19H25NO2/c1-12-6-7-14(10-13(12)2)20-16(22)19-9-8-18(5,15(21)11-19)17(19,3)4/h6-7,10H,8-9,11H2,1-5H3,(H,20,22). The highest BCUT2D eigenvalue weighted by molar-refractivity contribution is 6.04. The zero-order valence-corrected chi connectivity index (χ0v) is 14.2. The third-order valence-corrected chi connectivity index (χ3v) is 6.90. The molecule has 1 aromatic carbocycles. The van der Waals surface area contributed by atoms with Crippen molar-refractivity contribution in [2.45, 2.75) is 53.9 Å². The molecule has 2 bridgehead atoms. The van der Waals surface area contributed by atoms with Gasteiger partial charge >= 0.3 is 0 Å². The van der Waals surface area contributed by atoms with Gasteiger partial charge in [-0.25, -0.2) is 0 Å². The molecule has 0 aromatic heterocycles. The number of nitrogens with one attached hydrogen (secondary N) is 1. The van der Waals surface area contributed by atoms with Gasteiger partial charge in [-0.15, -0.1) is 0 Å². The number of Topliss-reactive ketones (excluding diaryl/α,β-unsaturated/α-hetero) is 1. The summed E-state index contributed by atoms with van der Waals surface area (Å²) in [5, 5.41) is 3.07. The molecular formula is C19H25NO2. The Morgan fingerprint density at radius 2 is 1.77 bits per heavy atom. The summed E-state index contributed by atoms with van der Waals surface area (Å²) in [5.41, 5.74) is 1.99. The highest BCUT2D eigenvalue weighted by Gasteiger charge is 2.72. The number of rotatable bonds is 2. The zero-order chi connectivity index (χ0) is 16.3. The molecule has 22 heavy (non-hydrogen) atoms. The van der Waals surface area contributed by atoms with Crippen LogP contribution in [-0.2, 0) is 9.59 Å². The summed E-state index contributed by atoms with van der Waals surface area (Å²) in [6.07, 6.45) is 2.01. The number of carbonyl (C=O) groups excluding carboxylic acids is 2. The van der Waals surface area contributed by atoms with Gasteiger partial charge < -0.3 is 5.32 Å². The molecule has 118 valence electrons. The number of ketones is 1. The molecule has 2 fully saturated rings. The summed E-state index contributed by atoms with van der Waals surface area (Å²) in [7, 11) is 0. The van der Waals surface area contributed by atoms with E-state index < -0.39 is 5.41 Å². The summed E-state index contributed by atoms with van der Waals surface area (Å²) >= 11 is 0. The van der Waals surface area contributed by atoms with Crippen molar-refractivity contribution in [2.75, 3.05) is 5.32 Å². The second-order valence-electron chi connectivity index (χ2n) is 7.89. The minimum atomic E-state index is -0.558. The van der Waals surface area contributed by atoms with Gasteiger partial charge in [0, 0.05) is 17.5 Å². The molecule has 3 rings (SSSR count). The van der Waals surface area contributed by atoms with E-state index in [1.165, 1.54) is 5.56 Å². The second kappa shape index (κ2) is 4.43. The van der Waals surface area contributed by atoms with Crippen LogP contribution in [0.5, 0.6) is 0 Å². The van der Waals surface area contributed by atoms with Crippen molar-refractivity contribution >= 4 is 17.4 Å². The van der Waals surface area contributed by atoms with Crippen LogP contribution in [0.15, 0.2) is 18.2 Å². The quantitative estimate of drug-likeness (QED) is 0.896. The Kier molecular flexibility index (Phi) is 3.08. The maximum atomic E-state index is 13.0. The number of carbonyl (C=O) groups is 2. The molecule has 2 saturated carbocycles. The van der Waals surface area contributed by atoms with Crippen LogP contribution in [-0.4, -0.2) is 11.7 Å². The molecule has 0 heterocycles. The fraction of sp³-hybridized carbons (Fsp3) is 0.579. The minimum Gasteiger partial charge on any atom is -0.326 e. The molecule has 1 aromatic rings. The summed E-state index contributed by atoms with van der Waals surface area (Å²) in [6, 6.07) is 5.96. The molecule has 2 unspecified atom stereocenters. The van der Waals surface area contributed by atoms with Crippen molar-refractivity contribution in [3.8, 4) is 0 Å². The molecule has 0 spiro atoms. The third-order valence-electron chi connectivity index (χ3n) is 6.90. The number of hydrogen-bond donors (Lipinski definition) is 1. The lowest BCUT2D eigenvalue weighted by Gasteiger charge is -2.38.